The van der Waals surface area contributed by atoms with Crippen molar-refractivity contribution in [1.82, 2.24) is 5.32 Å². The summed E-state index contributed by atoms with van der Waals surface area (Å²) in [6.07, 6.45) is 5.97. The van der Waals surface area contributed by atoms with E-state index >= 15 is 0 Å². The average molecular weight is 237 g/mol. The molecule has 0 saturated carbocycles. The molecular formula is C11H25ClN2O. The van der Waals surface area contributed by atoms with Crippen LogP contribution in [-0.2, 0) is 4.79 Å². The maximum Gasteiger partial charge on any atom is 0.220 e. The molecule has 0 radical (unpaired) electrons. The highest BCUT2D eigenvalue weighted by Gasteiger charge is 2.08. The lowest BCUT2D eigenvalue weighted by molar-refractivity contribution is -0.121. The molecule has 0 heterocycles. The second-order valence-corrected chi connectivity index (χ2v) is 3.75. The van der Waals surface area contributed by atoms with Crippen LogP contribution in [0.4, 0.5) is 0 Å². The monoisotopic (exact) mass is 236 g/mol. The van der Waals surface area contributed by atoms with Gasteiger partial charge in [-0.25, -0.2) is 0 Å². The molecule has 1 unspecified atom stereocenters. The van der Waals surface area contributed by atoms with Crippen molar-refractivity contribution in [1.29, 1.82) is 0 Å². The van der Waals surface area contributed by atoms with Crippen LogP contribution in [0.3, 0.4) is 0 Å². The number of rotatable bonds is 8. The summed E-state index contributed by atoms with van der Waals surface area (Å²) < 4.78 is 0. The number of nitrogens with one attached hydrogen (secondary N) is 1. The van der Waals surface area contributed by atoms with E-state index in [2.05, 4.69) is 19.2 Å². The van der Waals surface area contributed by atoms with E-state index in [9.17, 15) is 4.79 Å². The Balaban J connectivity index is 0. The van der Waals surface area contributed by atoms with E-state index in [-0.39, 0.29) is 24.4 Å². The van der Waals surface area contributed by atoms with Gasteiger partial charge in [-0.15, -0.1) is 12.4 Å². The first-order chi connectivity index (χ1) is 6.74. The summed E-state index contributed by atoms with van der Waals surface area (Å²) in [6.45, 7) is 4.79. The van der Waals surface area contributed by atoms with Gasteiger partial charge in [0.05, 0.1) is 0 Å². The topological polar surface area (TPSA) is 55.1 Å². The van der Waals surface area contributed by atoms with Gasteiger partial charge in [0.2, 0.25) is 5.91 Å². The van der Waals surface area contributed by atoms with Gasteiger partial charge >= 0.3 is 0 Å². The first-order valence-corrected chi connectivity index (χ1v) is 5.74. The van der Waals surface area contributed by atoms with E-state index in [1.54, 1.807) is 0 Å². The molecule has 0 aliphatic heterocycles. The molecule has 4 heteroatoms. The number of hydrogen-bond acceptors (Lipinski definition) is 2. The third kappa shape index (κ3) is 10.0. The number of nitrogens with two attached hydrogens (primary N) is 1. The summed E-state index contributed by atoms with van der Waals surface area (Å²) in [5, 5.41) is 2.97. The van der Waals surface area contributed by atoms with Crippen LogP contribution in [0, 0.1) is 0 Å². The van der Waals surface area contributed by atoms with Crippen LogP contribution in [0.2, 0.25) is 0 Å². The minimum absolute atomic E-state index is 0. The van der Waals surface area contributed by atoms with Crippen LogP contribution < -0.4 is 11.1 Å². The molecule has 0 rings (SSSR count). The molecule has 3 N–H and O–H groups in total. The maximum absolute atomic E-state index is 11.4. The van der Waals surface area contributed by atoms with Gasteiger partial charge in [0.15, 0.2) is 0 Å². The highest BCUT2D eigenvalue weighted by Crippen LogP contribution is 2.00. The van der Waals surface area contributed by atoms with Crippen LogP contribution in [-0.4, -0.2) is 18.5 Å². The Morgan fingerprint density at radius 3 is 2.33 bits per heavy atom. The number of unbranched alkanes of at least 4 members (excludes halogenated alkanes) is 2. The number of carbonyl (C=O) groups excluding carboxylic acids is 1. The largest absolute Gasteiger partial charge is 0.352 e. The average Bonchev–Trinajstić information content (AvgIpc) is 2.21. The van der Waals surface area contributed by atoms with E-state index in [1.807, 2.05) is 0 Å². The second-order valence-electron chi connectivity index (χ2n) is 3.75. The molecule has 92 valence electrons. The van der Waals surface area contributed by atoms with Gasteiger partial charge < -0.3 is 11.1 Å². The van der Waals surface area contributed by atoms with Crippen molar-refractivity contribution in [3.8, 4) is 0 Å². The van der Waals surface area contributed by atoms with Gasteiger partial charge in [-0.3, -0.25) is 4.79 Å². The molecule has 0 aliphatic carbocycles. The summed E-state index contributed by atoms with van der Waals surface area (Å²) in [5.74, 6) is 0.151. The Labute approximate surface area is 99.6 Å². The number of hydrogen-bond donors (Lipinski definition) is 2. The Kier molecular flexibility index (Phi) is 13.5. The zero-order valence-electron chi connectivity index (χ0n) is 9.92. The minimum atomic E-state index is 0. The molecule has 15 heavy (non-hydrogen) atoms. The zero-order chi connectivity index (χ0) is 10.8. The minimum Gasteiger partial charge on any atom is -0.352 e. The summed E-state index contributed by atoms with van der Waals surface area (Å²) in [6, 6.07) is 0.180. The third-order valence-corrected chi connectivity index (χ3v) is 2.31. The molecule has 0 aromatic heterocycles. The Morgan fingerprint density at radius 1 is 1.27 bits per heavy atom. The van der Waals surface area contributed by atoms with Crippen LogP contribution in [0.5, 0.6) is 0 Å². The van der Waals surface area contributed by atoms with Crippen LogP contribution >= 0.6 is 12.4 Å². The first-order valence-electron chi connectivity index (χ1n) is 5.74. The van der Waals surface area contributed by atoms with Crippen LogP contribution in [0.25, 0.3) is 0 Å². The van der Waals surface area contributed by atoms with Gasteiger partial charge in [0.1, 0.15) is 0 Å². The van der Waals surface area contributed by atoms with Crippen molar-refractivity contribution in [2.75, 3.05) is 6.54 Å². The molecule has 0 spiro atoms. The van der Waals surface area contributed by atoms with E-state index in [0.717, 1.165) is 32.1 Å². The summed E-state index contributed by atoms with van der Waals surface area (Å²) >= 11 is 0. The van der Waals surface area contributed by atoms with Crippen LogP contribution in [0.1, 0.15) is 52.4 Å². The third-order valence-electron chi connectivity index (χ3n) is 2.31. The Morgan fingerprint density at radius 2 is 1.87 bits per heavy atom. The first kappa shape index (κ1) is 17.1. The molecule has 0 fully saturated rings. The molecule has 0 aromatic carbocycles. The van der Waals surface area contributed by atoms with Gasteiger partial charge in [-0.2, -0.15) is 0 Å². The fraction of sp³-hybridized carbons (Fsp3) is 0.909. The number of halogens is 1. The van der Waals surface area contributed by atoms with E-state index in [0.29, 0.717) is 13.0 Å². The SMILES string of the molecule is CCCCC(=O)NC(CN)CCCC.Cl. The van der Waals surface area contributed by atoms with Gasteiger partial charge in [-0.1, -0.05) is 33.1 Å². The predicted molar refractivity (Wildman–Crippen MR) is 67.3 cm³/mol. The van der Waals surface area contributed by atoms with Crippen molar-refractivity contribution in [2.24, 2.45) is 5.73 Å². The van der Waals surface area contributed by atoms with E-state index in [4.69, 9.17) is 5.73 Å². The normalized spacial score (nSPS) is 11.7. The second kappa shape index (κ2) is 11.8. The molecule has 0 aromatic rings. The Bertz CT molecular complexity index is 154. The predicted octanol–water partition coefficient (Wildman–Crippen LogP) is 2.23. The van der Waals surface area contributed by atoms with Gasteiger partial charge in [-0.05, 0) is 12.8 Å². The lowest BCUT2D eigenvalue weighted by Gasteiger charge is -2.16. The van der Waals surface area contributed by atoms with Crippen molar-refractivity contribution in [2.45, 2.75) is 58.4 Å². The van der Waals surface area contributed by atoms with E-state index < -0.39 is 0 Å². The van der Waals surface area contributed by atoms with Crippen molar-refractivity contribution < 1.29 is 4.79 Å². The summed E-state index contributed by atoms with van der Waals surface area (Å²) in [7, 11) is 0. The summed E-state index contributed by atoms with van der Waals surface area (Å²) in [4.78, 5) is 11.4. The van der Waals surface area contributed by atoms with Gasteiger partial charge in [0.25, 0.3) is 0 Å². The highest BCUT2D eigenvalue weighted by molar-refractivity contribution is 5.85. The summed E-state index contributed by atoms with van der Waals surface area (Å²) in [5.41, 5.74) is 5.58. The molecule has 0 bridgehead atoms. The fourth-order valence-electron chi connectivity index (χ4n) is 1.34. The fourth-order valence-corrected chi connectivity index (χ4v) is 1.34. The standard InChI is InChI=1S/C11H24N2O.ClH/c1-3-5-7-10(9-12)13-11(14)8-6-4-2;/h10H,3-9,12H2,1-2H3,(H,13,14);1H. The van der Waals surface area contributed by atoms with E-state index in [1.165, 1.54) is 0 Å². The zero-order valence-corrected chi connectivity index (χ0v) is 10.7. The molecule has 3 nitrogen and oxygen atoms in total. The molecule has 1 atom stereocenters. The lowest BCUT2D eigenvalue weighted by Crippen LogP contribution is -2.40. The number of amides is 1. The van der Waals surface area contributed by atoms with Gasteiger partial charge in [0, 0.05) is 19.0 Å². The quantitative estimate of drug-likeness (QED) is 0.679. The van der Waals surface area contributed by atoms with Crippen molar-refractivity contribution in [3.63, 3.8) is 0 Å². The van der Waals surface area contributed by atoms with Crippen molar-refractivity contribution >= 4 is 18.3 Å². The van der Waals surface area contributed by atoms with Crippen LogP contribution in [0.15, 0.2) is 0 Å². The highest BCUT2D eigenvalue weighted by atomic mass is 35.5. The molecule has 0 aliphatic rings. The number of carbonyl (C=O) groups is 1. The molecule has 0 saturated heterocycles. The Hall–Kier alpha value is -0.280. The molecule has 1 amide bonds. The molecular weight excluding hydrogens is 212 g/mol. The maximum atomic E-state index is 11.4. The lowest BCUT2D eigenvalue weighted by atomic mass is 10.1. The smallest absolute Gasteiger partial charge is 0.220 e. The van der Waals surface area contributed by atoms with Crippen molar-refractivity contribution in [3.05, 3.63) is 0 Å².